The number of anilines is 1. The maximum Gasteiger partial charge on any atom is 0.395 e. The van der Waals surface area contributed by atoms with E-state index in [1.807, 2.05) is 0 Å². The minimum Gasteiger partial charge on any atom is -0.461 e. The molecule has 14 heteroatoms. The summed E-state index contributed by atoms with van der Waals surface area (Å²) in [6.45, 7) is -2.98. The summed E-state index contributed by atoms with van der Waals surface area (Å²) in [5.41, 5.74) is -2.49. The Hall–Kier alpha value is -3.92. The first-order valence-electron chi connectivity index (χ1n) is 10.2. The molecule has 0 atom stereocenters. The van der Waals surface area contributed by atoms with Crippen LogP contribution in [0.4, 0.5) is 27.8 Å². The fourth-order valence-corrected chi connectivity index (χ4v) is 4.03. The summed E-state index contributed by atoms with van der Waals surface area (Å²) in [7, 11) is 0. The predicted molar refractivity (Wildman–Crippen MR) is 118 cm³/mol. The molecule has 0 spiro atoms. The highest BCUT2D eigenvalue weighted by atomic mass is 35.5. The third-order valence-corrected chi connectivity index (χ3v) is 5.87. The summed E-state index contributed by atoms with van der Waals surface area (Å²) in [5.74, 6) is -2.88. The van der Waals surface area contributed by atoms with Gasteiger partial charge in [0.05, 0.1) is 40.7 Å². The Morgan fingerprint density at radius 2 is 1.92 bits per heavy atom. The average Bonchev–Trinajstić information content (AvgIpc) is 2.77. The van der Waals surface area contributed by atoms with Crippen molar-refractivity contribution in [1.29, 1.82) is 5.26 Å². The van der Waals surface area contributed by atoms with E-state index in [2.05, 4.69) is 4.98 Å². The van der Waals surface area contributed by atoms with Crippen molar-refractivity contribution in [2.24, 2.45) is 5.92 Å². The van der Waals surface area contributed by atoms with Crippen molar-refractivity contribution in [3.63, 3.8) is 0 Å². The summed E-state index contributed by atoms with van der Waals surface area (Å²) in [6.07, 6.45) is -2.27. The SMILES string of the molecule is N#CCn1c(N2CC(C(F)(F)F)C2)c(-c2ccc(F)c(Cl)c2)c(=O)n(-c2cncc(OCF)c2)c1=O. The van der Waals surface area contributed by atoms with E-state index < -0.39 is 55.7 Å². The molecule has 3 aromatic rings. The van der Waals surface area contributed by atoms with Crippen LogP contribution < -0.4 is 20.9 Å². The Morgan fingerprint density at radius 3 is 2.53 bits per heavy atom. The molecule has 0 saturated carbocycles. The molecule has 1 aliphatic rings. The fourth-order valence-electron chi connectivity index (χ4n) is 3.84. The van der Waals surface area contributed by atoms with Gasteiger partial charge in [0.25, 0.3) is 5.56 Å². The van der Waals surface area contributed by atoms with Crippen LogP contribution in [-0.4, -0.2) is 40.2 Å². The normalized spacial score (nSPS) is 13.9. The molecule has 1 aromatic carbocycles. The monoisotopic (exact) mass is 527 g/mol. The van der Waals surface area contributed by atoms with E-state index in [1.54, 1.807) is 6.07 Å². The van der Waals surface area contributed by atoms with Crippen LogP contribution in [0.2, 0.25) is 5.02 Å². The Bertz CT molecular complexity index is 1470. The maximum absolute atomic E-state index is 13.9. The predicted octanol–water partition coefficient (Wildman–Crippen LogP) is 3.68. The Balaban J connectivity index is 2.03. The molecule has 4 rings (SSSR count). The lowest BCUT2D eigenvalue weighted by atomic mass is 9.97. The van der Waals surface area contributed by atoms with Gasteiger partial charge < -0.3 is 9.64 Å². The van der Waals surface area contributed by atoms with Crippen LogP contribution in [0, 0.1) is 23.1 Å². The highest BCUT2D eigenvalue weighted by Crippen LogP contribution is 2.39. The van der Waals surface area contributed by atoms with Crippen LogP contribution in [-0.2, 0) is 6.54 Å². The van der Waals surface area contributed by atoms with Crippen molar-refractivity contribution in [1.82, 2.24) is 14.1 Å². The first kappa shape index (κ1) is 25.2. The number of hydrogen-bond acceptors (Lipinski definition) is 6. The summed E-state index contributed by atoms with van der Waals surface area (Å²) in [5, 5.41) is 8.99. The molecule has 36 heavy (non-hydrogen) atoms. The Labute approximate surface area is 204 Å². The van der Waals surface area contributed by atoms with Gasteiger partial charge in [0.2, 0.25) is 6.86 Å². The zero-order valence-corrected chi connectivity index (χ0v) is 18.9. The minimum atomic E-state index is -4.51. The number of halogens is 6. The zero-order valence-electron chi connectivity index (χ0n) is 18.1. The number of hydrogen-bond donors (Lipinski definition) is 0. The first-order valence-corrected chi connectivity index (χ1v) is 10.6. The van der Waals surface area contributed by atoms with Gasteiger partial charge in [-0.2, -0.15) is 18.4 Å². The quantitative estimate of drug-likeness (QED) is 0.454. The third kappa shape index (κ3) is 4.51. The van der Waals surface area contributed by atoms with Gasteiger partial charge in [-0.1, -0.05) is 17.7 Å². The average molecular weight is 528 g/mol. The van der Waals surface area contributed by atoms with E-state index in [-0.39, 0.29) is 33.4 Å². The molecule has 1 fully saturated rings. The lowest BCUT2D eigenvalue weighted by Crippen LogP contribution is -2.56. The second kappa shape index (κ2) is 9.62. The zero-order chi connectivity index (χ0) is 26.2. The third-order valence-electron chi connectivity index (χ3n) is 5.58. The number of pyridine rings is 1. The van der Waals surface area contributed by atoms with Crippen LogP contribution in [0.1, 0.15) is 0 Å². The molecule has 0 N–H and O–H groups in total. The highest BCUT2D eigenvalue weighted by Gasteiger charge is 2.48. The van der Waals surface area contributed by atoms with Crippen LogP contribution in [0.5, 0.6) is 5.75 Å². The number of nitrogens with zero attached hydrogens (tertiary/aromatic N) is 5. The van der Waals surface area contributed by atoms with E-state index in [4.69, 9.17) is 16.3 Å². The molecule has 0 radical (unpaired) electrons. The van der Waals surface area contributed by atoms with Gasteiger partial charge >= 0.3 is 11.9 Å². The number of aromatic nitrogens is 3. The number of benzene rings is 1. The van der Waals surface area contributed by atoms with Crippen LogP contribution in [0.25, 0.3) is 16.8 Å². The van der Waals surface area contributed by atoms with Crippen molar-refractivity contribution in [2.75, 3.05) is 24.9 Å². The number of nitriles is 1. The van der Waals surface area contributed by atoms with Crippen LogP contribution in [0.15, 0.2) is 46.2 Å². The number of ether oxygens (including phenoxy) is 1. The van der Waals surface area contributed by atoms with E-state index >= 15 is 0 Å². The lowest BCUT2D eigenvalue weighted by Gasteiger charge is -2.43. The van der Waals surface area contributed by atoms with E-state index in [0.717, 1.165) is 40.1 Å². The molecule has 0 unspecified atom stereocenters. The molecule has 0 amide bonds. The van der Waals surface area contributed by atoms with Gasteiger partial charge in [-0.25, -0.2) is 18.1 Å². The number of alkyl halides is 4. The molecule has 8 nitrogen and oxygen atoms in total. The molecule has 2 aromatic heterocycles. The van der Waals surface area contributed by atoms with Crippen LogP contribution in [0.3, 0.4) is 0 Å². The smallest absolute Gasteiger partial charge is 0.395 e. The lowest BCUT2D eigenvalue weighted by molar-refractivity contribution is -0.180. The van der Waals surface area contributed by atoms with Crippen molar-refractivity contribution in [3.05, 3.63) is 68.3 Å². The van der Waals surface area contributed by atoms with E-state index in [9.17, 15) is 36.8 Å². The second-order valence-electron chi connectivity index (χ2n) is 7.77. The second-order valence-corrected chi connectivity index (χ2v) is 8.18. The van der Waals surface area contributed by atoms with Crippen LogP contribution >= 0.6 is 11.6 Å². The van der Waals surface area contributed by atoms with E-state index in [0.29, 0.717) is 4.57 Å². The highest BCUT2D eigenvalue weighted by molar-refractivity contribution is 6.31. The van der Waals surface area contributed by atoms with Gasteiger partial charge in [-0.15, -0.1) is 0 Å². The van der Waals surface area contributed by atoms with Gasteiger partial charge in [-0.05, 0) is 17.7 Å². The first-order chi connectivity index (χ1) is 17.1. The fraction of sp³-hybridized carbons (Fsp3) is 0.273. The minimum absolute atomic E-state index is 0.00132. The largest absolute Gasteiger partial charge is 0.461 e. The molecule has 1 saturated heterocycles. The Morgan fingerprint density at radius 1 is 1.19 bits per heavy atom. The van der Waals surface area contributed by atoms with Crippen molar-refractivity contribution >= 4 is 17.4 Å². The molecular weight excluding hydrogens is 513 g/mol. The van der Waals surface area contributed by atoms with Crippen molar-refractivity contribution < 1.29 is 26.7 Å². The summed E-state index contributed by atoms with van der Waals surface area (Å²) < 4.78 is 72.2. The maximum atomic E-state index is 13.9. The molecule has 0 bridgehead atoms. The van der Waals surface area contributed by atoms with E-state index in [1.165, 1.54) is 6.07 Å². The molecule has 0 aliphatic carbocycles. The Kier molecular flexibility index (Phi) is 6.73. The topological polar surface area (TPSA) is 93.2 Å². The molecular formula is C22H15ClF5N5O3. The molecule has 1 aliphatic heterocycles. The van der Waals surface area contributed by atoms with Crippen molar-refractivity contribution in [3.8, 4) is 28.6 Å². The van der Waals surface area contributed by atoms with Gasteiger partial charge in [0.15, 0.2) is 0 Å². The number of rotatable bonds is 6. The summed E-state index contributed by atoms with van der Waals surface area (Å²) in [6, 6.07) is 6.13. The summed E-state index contributed by atoms with van der Waals surface area (Å²) >= 11 is 5.89. The van der Waals surface area contributed by atoms with Gasteiger partial charge in [0, 0.05) is 19.2 Å². The van der Waals surface area contributed by atoms with Crippen molar-refractivity contribution in [2.45, 2.75) is 12.7 Å². The van der Waals surface area contributed by atoms with Gasteiger partial charge in [-0.3, -0.25) is 14.3 Å². The molecule has 188 valence electrons. The van der Waals surface area contributed by atoms with Gasteiger partial charge in [0.1, 0.15) is 23.9 Å². The molecule has 3 heterocycles. The standard InChI is InChI=1S/C22H15ClF5N5O3/c23-16-5-12(1-2-17(16)25)18-19(31-9-13(10-31)22(26,27)28)32(4-3-29)21(35)33(20(18)34)14-6-15(36-11-24)8-30-7-14/h1-2,5-8,13H,4,9-11H2. The summed E-state index contributed by atoms with van der Waals surface area (Å²) in [4.78, 5) is 32.1.